The van der Waals surface area contributed by atoms with Gasteiger partial charge in [-0.25, -0.2) is 13.4 Å². The van der Waals surface area contributed by atoms with E-state index < -0.39 is 21.3 Å². The van der Waals surface area contributed by atoms with Crippen LogP contribution < -0.4 is 16.4 Å². The van der Waals surface area contributed by atoms with Gasteiger partial charge in [0.2, 0.25) is 15.7 Å². The Morgan fingerprint density at radius 2 is 1.82 bits per heavy atom. The van der Waals surface area contributed by atoms with E-state index in [4.69, 9.17) is 5.73 Å². The van der Waals surface area contributed by atoms with Crippen LogP contribution in [0.3, 0.4) is 0 Å². The Kier molecular flexibility index (Phi) is 6.72. The van der Waals surface area contributed by atoms with Crippen LogP contribution in [0.25, 0.3) is 11.1 Å². The lowest BCUT2D eigenvalue weighted by molar-refractivity contribution is -0.123. The lowest BCUT2D eigenvalue weighted by Gasteiger charge is -2.26. The molecule has 0 bridgehead atoms. The van der Waals surface area contributed by atoms with Crippen LogP contribution in [0.5, 0.6) is 0 Å². The van der Waals surface area contributed by atoms with E-state index in [1.165, 1.54) is 12.1 Å². The molecule has 1 amide bonds. The highest BCUT2D eigenvalue weighted by Crippen LogP contribution is 2.38. The molecule has 34 heavy (non-hydrogen) atoms. The number of sulfone groups is 1. The molecule has 3 aromatic rings. The van der Waals surface area contributed by atoms with Gasteiger partial charge in [-0.1, -0.05) is 42.5 Å². The van der Waals surface area contributed by atoms with E-state index in [0.29, 0.717) is 12.0 Å². The number of benzene rings is 2. The molecule has 1 aliphatic rings. The fourth-order valence-electron chi connectivity index (χ4n) is 4.81. The summed E-state index contributed by atoms with van der Waals surface area (Å²) in [4.78, 5) is 17.2. The minimum Gasteiger partial charge on any atom is -0.384 e. The van der Waals surface area contributed by atoms with Gasteiger partial charge in [0, 0.05) is 0 Å². The van der Waals surface area contributed by atoms with Crippen molar-refractivity contribution < 1.29 is 13.2 Å². The summed E-state index contributed by atoms with van der Waals surface area (Å²) in [7, 11) is -4.11. The topological polar surface area (TPSA) is 114 Å². The molecule has 2 atom stereocenters. The highest BCUT2D eigenvalue weighted by molar-refractivity contribution is 7.91. The largest absolute Gasteiger partial charge is 0.384 e. The van der Waals surface area contributed by atoms with Crippen LogP contribution in [0.15, 0.2) is 59.6 Å². The number of nitrogens with one attached hydrogen (secondary N) is 2. The molecule has 2 heterocycles. The summed E-state index contributed by atoms with van der Waals surface area (Å²) >= 11 is 0. The first kappa shape index (κ1) is 23.9. The highest BCUT2D eigenvalue weighted by atomic mass is 32.2. The standard InChI is InChI=1S/C26H30N4O3S/c1-16-15-17(2)24(18(3)23(16)19-9-5-4-6-10-19)26(30-25(31)20-11-8-14-28-20)34(32,33)22-13-7-12-21(27)29-22/h4-7,9-10,12-13,15,20,26,28H,8,11,14H2,1-3H3,(H2,27,29)(H,30,31). The third kappa shape index (κ3) is 4.56. The Hall–Kier alpha value is -3.23. The summed E-state index contributed by atoms with van der Waals surface area (Å²) in [5.74, 6) is -0.235. The molecule has 7 nitrogen and oxygen atoms in total. The second-order valence-electron chi connectivity index (χ2n) is 8.77. The maximum atomic E-state index is 13.9. The number of nitrogens with two attached hydrogens (primary N) is 1. The van der Waals surface area contributed by atoms with E-state index in [1.807, 2.05) is 57.2 Å². The monoisotopic (exact) mass is 478 g/mol. The maximum Gasteiger partial charge on any atom is 0.238 e. The second-order valence-corrected chi connectivity index (χ2v) is 10.8. The maximum absolute atomic E-state index is 13.9. The van der Waals surface area contributed by atoms with Crippen molar-refractivity contribution in [1.29, 1.82) is 0 Å². The van der Waals surface area contributed by atoms with Crippen molar-refractivity contribution in [1.82, 2.24) is 15.6 Å². The molecule has 1 saturated heterocycles. The molecule has 178 valence electrons. The number of hydrogen-bond acceptors (Lipinski definition) is 6. The molecule has 1 aromatic heterocycles. The first-order valence-electron chi connectivity index (χ1n) is 11.4. The fraction of sp³-hybridized carbons (Fsp3) is 0.308. The molecular formula is C26H30N4O3S. The molecule has 4 rings (SSSR count). The first-order chi connectivity index (χ1) is 16.2. The van der Waals surface area contributed by atoms with Gasteiger partial charge < -0.3 is 16.4 Å². The number of hydrogen-bond donors (Lipinski definition) is 3. The number of aromatic nitrogens is 1. The smallest absolute Gasteiger partial charge is 0.238 e. The van der Waals surface area contributed by atoms with Crippen molar-refractivity contribution in [2.75, 3.05) is 12.3 Å². The number of carbonyl (C=O) groups excluding carboxylic acids is 1. The van der Waals surface area contributed by atoms with Crippen LogP contribution in [0.4, 0.5) is 5.82 Å². The SMILES string of the molecule is Cc1cc(C)c(C(NC(=O)C2CCCN2)S(=O)(=O)c2cccc(N)n2)c(C)c1-c1ccccc1. The van der Waals surface area contributed by atoms with Crippen LogP contribution in [0, 0.1) is 20.8 Å². The zero-order valence-electron chi connectivity index (χ0n) is 19.6. The van der Waals surface area contributed by atoms with Gasteiger partial charge in [-0.3, -0.25) is 4.79 Å². The number of carbonyl (C=O) groups is 1. The Bertz CT molecular complexity index is 1320. The predicted molar refractivity (Wildman–Crippen MR) is 134 cm³/mol. The third-order valence-corrected chi connectivity index (χ3v) is 8.14. The van der Waals surface area contributed by atoms with Crippen molar-refractivity contribution >= 4 is 21.6 Å². The molecule has 1 fully saturated rings. The van der Waals surface area contributed by atoms with Gasteiger partial charge in [0.15, 0.2) is 10.4 Å². The van der Waals surface area contributed by atoms with Crippen molar-refractivity contribution in [3.05, 3.63) is 76.9 Å². The zero-order valence-corrected chi connectivity index (χ0v) is 20.4. The van der Waals surface area contributed by atoms with Gasteiger partial charge in [-0.15, -0.1) is 0 Å². The molecule has 4 N–H and O–H groups in total. The normalized spacial score (nSPS) is 16.9. The molecular weight excluding hydrogens is 448 g/mol. The Labute approximate surface area is 200 Å². The van der Waals surface area contributed by atoms with Crippen LogP contribution >= 0.6 is 0 Å². The lowest BCUT2D eigenvalue weighted by Crippen LogP contribution is -2.44. The molecule has 0 aliphatic carbocycles. The first-order valence-corrected chi connectivity index (χ1v) is 12.9. The number of anilines is 1. The number of amides is 1. The van der Waals surface area contributed by atoms with Crippen molar-refractivity contribution in [3.63, 3.8) is 0 Å². The highest BCUT2D eigenvalue weighted by Gasteiger charge is 2.37. The number of pyridine rings is 1. The molecule has 0 saturated carbocycles. The minimum absolute atomic E-state index is 0.103. The van der Waals surface area contributed by atoms with Gasteiger partial charge in [0.25, 0.3) is 0 Å². The van der Waals surface area contributed by atoms with Crippen LogP contribution in [-0.4, -0.2) is 31.9 Å². The summed E-state index contributed by atoms with van der Waals surface area (Å²) in [5, 5.41) is 4.52. The summed E-state index contributed by atoms with van der Waals surface area (Å²) < 4.78 is 27.8. The second kappa shape index (κ2) is 9.56. The quantitative estimate of drug-likeness (QED) is 0.499. The molecule has 2 unspecified atom stereocenters. The van der Waals surface area contributed by atoms with E-state index >= 15 is 0 Å². The van der Waals surface area contributed by atoms with E-state index in [0.717, 1.165) is 40.8 Å². The van der Waals surface area contributed by atoms with Gasteiger partial charge in [-0.2, -0.15) is 0 Å². The van der Waals surface area contributed by atoms with Gasteiger partial charge >= 0.3 is 0 Å². The van der Waals surface area contributed by atoms with E-state index in [1.54, 1.807) is 6.07 Å². The van der Waals surface area contributed by atoms with E-state index in [-0.39, 0.29) is 16.8 Å². The van der Waals surface area contributed by atoms with Crippen LogP contribution in [0.1, 0.15) is 40.5 Å². The Morgan fingerprint density at radius 3 is 2.47 bits per heavy atom. The third-order valence-electron chi connectivity index (χ3n) is 6.35. The number of aryl methyl sites for hydroxylation is 2. The zero-order chi connectivity index (χ0) is 24.5. The summed E-state index contributed by atoms with van der Waals surface area (Å²) in [5.41, 5.74) is 10.9. The molecule has 8 heteroatoms. The number of nitrogen functional groups attached to an aromatic ring is 1. The molecule has 1 aliphatic heterocycles. The van der Waals surface area contributed by atoms with Crippen LogP contribution in [-0.2, 0) is 14.6 Å². The fourth-order valence-corrected chi connectivity index (χ4v) is 6.49. The average Bonchev–Trinajstić information content (AvgIpc) is 3.34. The Morgan fingerprint density at radius 1 is 1.09 bits per heavy atom. The summed E-state index contributed by atoms with van der Waals surface area (Å²) in [6.07, 6.45) is 1.53. The van der Waals surface area contributed by atoms with E-state index in [2.05, 4.69) is 15.6 Å². The van der Waals surface area contributed by atoms with Crippen molar-refractivity contribution in [2.24, 2.45) is 0 Å². The lowest BCUT2D eigenvalue weighted by atomic mass is 9.89. The van der Waals surface area contributed by atoms with Gasteiger partial charge in [0.1, 0.15) is 5.82 Å². The number of rotatable bonds is 6. The molecule has 0 radical (unpaired) electrons. The summed E-state index contributed by atoms with van der Waals surface area (Å²) in [6.45, 7) is 6.52. The molecule has 2 aromatic carbocycles. The Balaban J connectivity index is 1.91. The van der Waals surface area contributed by atoms with Gasteiger partial charge in [-0.05, 0) is 85.7 Å². The minimum atomic E-state index is -4.11. The summed E-state index contributed by atoms with van der Waals surface area (Å²) in [6, 6.07) is 15.9. The van der Waals surface area contributed by atoms with Crippen molar-refractivity contribution in [3.8, 4) is 11.1 Å². The van der Waals surface area contributed by atoms with Crippen LogP contribution in [0.2, 0.25) is 0 Å². The van der Waals surface area contributed by atoms with Gasteiger partial charge in [0.05, 0.1) is 6.04 Å². The predicted octanol–water partition coefficient (Wildman–Crippen LogP) is 3.60. The average molecular weight is 479 g/mol. The number of nitrogens with zero attached hydrogens (tertiary/aromatic N) is 1. The van der Waals surface area contributed by atoms with Crippen molar-refractivity contribution in [2.45, 2.75) is 50.1 Å². The van der Waals surface area contributed by atoms with E-state index in [9.17, 15) is 13.2 Å². The molecule has 0 spiro atoms.